The molecule has 23 heavy (non-hydrogen) atoms. The minimum absolute atomic E-state index is 0.312. The zero-order chi connectivity index (χ0) is 16.7. The van der Waals surface area contributed by atoms with Crippen molar-refractivity contribution in [2.75, 3.05) is 0 Å². The van der Waals surface area contributed by atoms with E-state index in [1.54, 1.807) is 0 Å². The van der Waals surface area contributed by atoms with Crippen LogP contribution in [0, 0.1) is 20.8 Å². The Bertz CT molecular complexity index is 767. The number of aryl methyl sites for hydroxylation is 3. The molecule has 0 N–H and O–H groups in total. The van der Waals surface area contributed by atoms with Crippen molar-refractivity contribution in [2.45, 2.75) is 37.7 Å². The predicted molar refractivity (Wildman–Crippen MR) is 98.8 cm³/mol. The van der Waals surface area contributed by atoms with Gasteiger partial charge in [-0.1, -0.05) is 0 Å². The van der Waals surface area contributed by atoms with E-state index in [0.717, 1.165) is 6.42 Å². The summed E-state index contributed by atoms with van der Waals surface area (Å²) >= 11 is -2.39. The fourth-order valence-electron chi connectivity index (χ4n) is 3.85. The van der Waals surface area contributed by atoms with E-state index in [2.05, 4.69) is 64.1 Å². The molecule has 0 amide bonds. The molecule has 0 saturated heterocycles. The van der Waals surface area contributed by atoms with Crippen LogP contribution in [0.5, 0.6) is 0 Å². The first kappa shape index (κ1) is 17.5. The summed E-state index contributed by atoms with van der Waals surface area (Å²) in [6.45, 7) is 8.77. The number of rotatable bonds is 3. The van der Waals surface area contributed by atoms with Gasteiger partial charge in [0.2, 0.25) is 0 Å². The van der Waals surface area contributed by atoms with Crippen LogP contribution in [0.15, 0.2) is 35.9 Å². The molecule has 1 unspecified atom stereocenters. The first-order valence-corrected chi connectivity index (χ1v) is 15.8. The molecular formula is C20H21Cl2Zr. The van der Waals surface area contributed by atoms with Gasteiger partial charge < -0.3 is 0 Å². The molecule has 2 aromatic carbocycles. The average molecular weight is 424 g/mol. The molecule has 1 aliphatic rings. The molecule has 0 aliphatic heterocycles. The first-order chi connectivity index (χ1) is 10.9. The molecular weight excluding hydrogens is 402 g/mol. The third kappa shape index (κ3) is 3.13. The maximum absolute atomic E-state index is 6.49. The van der Waals surface area contributed by atoms with Crippen molar-refractivity contribution in [3.05, 3.63) is 63.7 Å². The van der Waals surface area contributed by atoms with Gasteiger partial charge in [-0.2, -0.15) is 0 Å². The zero-order valence-electron chi connectivity index (χ0n) is 14.0. The molecule has 0 nitrogen and oxygen atoms in total. The van der Waals surface area contributed by atoms with Crippen LogP contribution >= 0.6 is 17.0 Å². The number of benzene rings is 2. The van der Waals surface area contributed by atoms with Gasteiger partial charge in [0.05, 0.1) is 0 Å². The van der Waals surface area contributed by atoms with Gasteiger partial charge in [-0.05, 0) is 0 Å². The van der Waals surface area contributed by atoms with Crippen molar-refractivity contribution in [1.82, 2.24) is 0 Å². The summed E-state index contributed by atoms with van der Waals surface area (Å²) in [6, 6.07) is 11.1. The van der Waals surface area contributed by atoms with Gasteiger partial charge in [-0.25, -0.2) is 0 Å². The Labute approximate surface area is 154 Å². The quantitative estimate of drug-likeness (QED) is 0.496. The van der Waals surface area contributed by atoms with E-state index in [4.69, 9.17) is 17.0 Å². The molecule has 1 aliphatic carbocycles. The molecule has 0 heterocycles. The molecule has 2 aromatic rings. The topological polar surface area (TPSA) is 0 Å². The van der Waals surface area contributed by atoms with Gasteiger partial charge in [0, 0.05) is 0 Å². The van der Waals surface area contributed by atoms with Crippen molar-refractivity contribution < 1.29 is 19.4 Å². The monoisotopic (exact) mass is 421 g/mol. The zero-order valence-corrected chi connectivity index (χ0v) is 18.0. The van der Waals surface area contributed by atoms with E-state index >= 15 is 0 Å². The second-order valence-electron chi connectivity index (χ2n) is 6.38. The summed E-state index contributed by atoms with van der Waals surface area (Å²) in [5, 5.41) is 0. The predicted octanol–water partition coefficient (Wildman–Crippen LogP) is 7.05. The molecule has 0 fully saturated rings. The molecule has 0 saturated carbocycles. The van der Waals surface area contributed by atoms with Crippen LogP contribution in [0.4, 0.5) is 0 Å². The summed E-state index contributed by atoms with van der Waals surface area (Å²) in [6.07, 6.45) is 3.37. The fraction of sp³-hybridized carbons (Fsp3) is 0.300. The number of halogens is 2. The van der Waals surface area contributed by atoms with E-state index in [9.17, 15) is 0 Å². The molecule has 0 aromatic heterocycles. The Morgan fingerprint density at radius 3 is 2.26 bits per heavy atom. The third-order valence-corrected chi connectivity index (χ3v) is 10.1. The summed E-state index contributed by atoms with van der Waals surface area (Å²) in [5.74, 6) is 0. The second-order valence-corrected chi connectivity index (χ2v) is 15.2. The van der Waals surface area contributed by atoms with E-state index in [1.807, 2.05) is 0 Å². The molecule has 0 radical (unpaired) electrons. The van der Waals surface area contributed by atoms with Crippen LogP contribution in [0.2, 0.25) is 0 Å². The summed E-state index contributed by atoms with van der Waals surface area (Å²) in [5.41, 5.74) is 10.8. The maximum atomic E-state index is 6.49. The van der Waals surface area contributed by atoms with Gasteiger partial charge in [-0.15, -0.1) is 0 Å². The summed E-state index contributed by atoms with van der Waals surface area (Å²) < 4.78 is 0.312. The van der Waals surface area contributed by atoms with Crippen molar-refractivity contribution in [2.24, 2.45) is 0 Å². The van der Waals surface area contributed by atoms with Gasteiger partial charge >= 0.3 is 155 Å². The third-order valence-electron chi connectivity index (χ3n) is 4.72. The van der Waals surface area contributed by atoms with Crippen LogP contribution in [0.3, 0.4) is 0 Å². The Morgan fingerprint density at radius 1 is 1.04 bits per heavy atom. The molecule has 1 atom stereocenters. The van der Waals surface area contributed by atoms with E-state index in [1.165, 1.54) is 44.5 Å². The van der Waals surface area contributed by atoms with Crippen LogP contribution in [-0.2, 0) is 19.4 Å². The molecule has 0 bridgehead atoms. The number of allylic oxidation sites excluding steroid dienone is 1. The fourth-order valence-corrected chi connectivity index (χ4v) is 9.49. The van der Waals surface area contributed by atoms with Crippen molar-refractivity contribution >= 4 is 23.1 Å². The standard InChI is InChI=1S/C20H21.2ClH.Zr/c1-5-16-11-17-7-6-8-18(19(17)12-16)20-14(3)9-13(2)10-15(20)4;;;/h6-12H,5H2,1-4H3;2*1H;/q;;;+2/p-2. The Kier molecular flexibility index (Phi) is 5.22. The van der Waals surface area contributed by atoms with E-state index in [0.29, 0.717) is 3.63 Å². The van der Waals surface area contributed by atoms with E-state index in [-0.39, 0.29) is 0 Å². The Balaban J connectivity index is 2.25. The van der Waals surface area contributed by atoms with Crippen LogP contribution < -0.4 is 0 Å². The van der Waals surface area contributed by atoms with Gasteiger partial charge in [-0.3, -0.25) is 0 Å². The van der Waals surface area contributed by atoms with E-state index < -0.39 is 19.4 Å². The van der Waals surface area contributed by atoms with Crippen LogP contribution in [0.1, 0.15) is 44.8 Å². The Morgan fingerprint density at radius 2 is 1.70 bits per heavy atom. The van der Waals surface area contributed by atoms with Crippen LogP contribution in [0.25, 0.3) is 17.2 Å². The molecule has 3 rings (SSSR count). The summed E-state index contributed by atoms with van der Waals surface area (Å²) in [7, 11) is 13.0. The van der Waals surface area contributed by atoms with Gasteiger partial charge in [0.1, 0.15) is 0 Å². The number of hydrogen-bond donors (Lipinski definition) is 0. The molecule has 0 spiro atoms. The first-order valence-electron chi connectivity index (χ1n) is 8.03. The van der Waals surface area contributed by atoms with Crippen molar-refractivity contribution in [3.8, 4) is 11.1 Å². The normalized spacial score (nSPS) is 16.3. The molecule has 119 valence electrons. The van der Waals surface area contributed by atoms with Crippen molar-refractivity contribution in [1.29, 1.82) is 0 Å². The Hall–Kier alpha value is -0.357. The minimum atomic E-state index is -2.39. The van der Waals surface area contributed by atoms with Gasteiger partial charge in [0.15, 0.2) is 0 Å². The number of hydrogen-bond acceptors (Lipinski definition) is 0. The average Bonchev–Trinajstić information content (AvgIpc) is 2.85. The number of fused-ring (bicyclic) bond motifs is 1. The van der Waals surface area contributed by atoms with Gasteiger partial charge in [0.25, 0.3) is 0 Å². The van der Waals surface area contributed by atoms with Crippen molar-refractivity contribution in [3.63, 3.8) is 0 Å². The van der Waals surface area contributed by atoms with Crippen LogP contribution in [-0.4, -0.2) is 0 Å². The second kappa shape index (κ2) is 6.87. The molecule has 3 heteroatoms. The summed E-state index contributed by atoms with van der Waals surface area (Å²) in [4.78, 5) is 0. The SMILES string of the molecule is CCC1=Cc2c(-c3c(C)cc(C)cc3C)cccc2[CH]1[Zr]([Cl])[Cl].